The minimum atomic E-state index is -0.389. The van der Waals surface area contributed by atoms with Crippen LogP contribution in [-0.4, -0.2) is 25.9 Å². The van der Waals surface area contributed by atoms with E-state index in [-0.39, 0.29) is 18.2 Å². The maximum atomic E-state index is 14.0. The van der Waals surface area contributed by atoms with E-state index in [1.54, 1.807) is 19.2 Å². The van der Waals surface area contributed by atoms with Crippen molar-refractivity contribution < 1.29 is 19.0 Å². The zero-order valence-corrected chi connectivity index (χ0v) is 18.1. The summed E-state index contributed by atoms with van der Waals surface area (Å²) in [4.78, 5) is 0. The highest BCUT2D eigenvalue weighted by Gasteiger charge is 2.22. The lowest BCUT2D eigenvalue weighted by molar-refractivity contribution is 0.285. The Bertz CT molecular complexity index is 1000. The molecule has 0 unspecified atom stereocenters. The van der Waals surface area contributed by atoms with Gasteiger partial charge in [0.05, 0.1) is 19.2 Å². The van der Waals surface area contributed by atoms with E-state index in [1.165, 1.54) is 13.2 Å². The number of methoxy groups -OCH3 is 2. The molecule has 1 N–H and O–H groups in total. The molecule has 0 bridgehead atoms. The number of allylic oxidation sites excluding steroid dienone is 2. The van der Waals surface area contributed by atoms with Crippen LogP contribution >= 0.6 is 11.6 Å². The first-order chi connectivity index (χ1) is 14.6. The van der Waals surface area contributed by atoms with Gasteiger partial charge < -0.3 is 14.6 Å². The summed E-state index contributed by atoms with van der Waals surface area (Å²) >= 11 is 6.64. The van der Waals surface area contributed by atoms with Crippen molar-refractivity contribution in [1.82, 2.24) is 0 Å². The van der Waals surface area contributed by atoms with E-state index in [4.69, 9.17) is 26.2 Å². The molecule has 5 heteroatoms. The SMILES string of the molecule is COc1cc(C2=C(C#CCCCCO)c3ccc(OC)c(Cl)c3CCC2)ccc1F. The van der Waals surface area contributed by atoms with Gasteiger partial charge in [-0.05, 0) is 78.6 Å². The van der Waals surface area contributed by atoms with Gasteiger partial charge in [-0.2, -0.15) is 0 Å². The number of ether oxygens (including phenoxy) is 2. The van der Waals surface area contributed by atoms with Crippen molar-refractivity contribution in [3.8, 4) is 23.3 Å². The van der Waals surface area contributed by atoms with Crippen LogP contribution in [0, 0.1) is 17.7 Å². The average Bonchev–Trinajstić information content (AvgIpc) is 2.94. The molecule has 1 aliphatic carbocycles. The highest BCUT2D eigenvalue weighted by Crippen LogP contribution is 2.41. The van der Waals surface area contributed by atoms with Gasteiger partial charge in [0.15, 0.2) is 11.6 Å². The van der Waals surface area contributed by atoms with Gasteiger partial charge in [0.2, 0.25) is 0 Å². The van der Waals surface area contributed by atoms with Crippen molar-refractivity contribution in [3.63, 3.8) is 0 Å². The van der Waals surface area contributed by atoms with Gasteiger partial charge in [-0.3, -0.25) is 0 Å². The van der Waals surface area contributed by atoms with Crippen LogP contribution in [0.2, 0.25) is 5.02 Å². The lowest BCUT2D eigenvalue weighted by Gasteiger charge is -2.14. The molecule has 0 saturated heterocycles. The van der Waals surface area contributed by atoms with E-state index in [2.05, 4.69) is 11.8 Å². The number of aliphatic hydroxyl groups excluding tert-OH is 1. The van der Waals surface area contributed by atoms with Crippen molar-refractivity contribution in [1.29, 1.82) is 0 Å². The van der Waals surface area contributed by atoms with Gasteiger partial charge in [0, 0.05) is 18.6 Å². The van der Waals surface area contributed by atoms with Crippen LogP contribution in [-0.2, 0) is 6.42 Å². The molecule has 0 aliphatic heterocycles. The average molecular weight is 429 g/mol. The van der Waals surface area contributed by atoms with E-state index in [0.717, 1.165) is 59.9 Å². The first-order valence-corrected chi connectivity index (χ1v) is 10.5. The Kier molecular flexibility index (Phi) is 7.79. The predicted octanol–water partition coefficient (Wildman–Crippen LogP) is 5.91. The summed E-state index contributed by atoms with van der Waals surface area (Å²) in [6.45, 7) is 0.170. The van der Waals surface area contributed by atoms with Crippen LogP contribution in [0.5, 0.6) is 11.5 Å². The Labute approximate surface area is 182 Å². The van der Waals surface area contributed by atoms with Crippen molar-refractivity contribution in [2.75, 3.05) is 20.8 Å². The van der Waals surface area contributed by atoms with Gasteiger partial charge in [-0.1, -0.05) is 29.5 Å². The molecule has 0 aromatic heterocycles. The molecule has 0 fully saturated rings. The van der Waals surface area contributed by atoms with E-state index in [0.29, 0.717) is 17.2 Å². The van der Waals surface area contributed by atoms with Crippen molar-refractivity contribution in [3.05, 3.63) is 57.9 Å². The van der Waals surface area contributed by atoms with Gasteiger partial charge in [0.25, 0.3) is 0 Å². The third-order valence-electron chi connectivity index (χ3n) is 5.28. The van der Waals surface area contributed by atoms with Crippen LogP contribution in [0.1, 0.15) is 48.8 Å². The molecule has 30 heavy (non-hydrogen) atoms. The molecule has 0 heterocycles. The second-order valence-electron chi connectivity index (χ2n) is 7.15. The number of rotatable bonds is 6. The maximum absolute atomic E-state index is 14.0. The highest BCUT2D eigenvalue weighted by molar-refractivity contribution is 6.33. The van der Waals surface area contributed by atoms with Crippen LogP contribution in [0.3, 0.4) is 0 Å². The van der Waals surface area contributed by atoms with E-state index >= 15 is 0 Å². The Morgan fingerprint density at radius 3 is 2.60 bits per heavy atom. The molecule has 3 rings (SSSR count). The molecule has 0 amide bonds. The third kappa shape index (κ3) is 4.80. The number of unbranched alkanes of at least 4 members (excludes halogenated alkanes) is 2. The standard InChI is InChI=1S/C25H26ClFO3/c1-29-23-14-12-20-19(8-5-3-4-6-15-28)18(9-7-10-21(20)25(23)26)17-11-13-22(27)24(16-17)30-2/h11-14,16,28H,3-4,6-7,9-10,15H2,1-2H3. The summed E-state index contributed by atoms with van der Waals surface area (Å²) in [5.41, 5.74) is 4.88. The predicted molar refractivity (Wildman–Crippen MR) is 119 cm³/mol. The van der Waals surface area contributed by atoms with E-state index in [9.17, 15) is 4.39 Å². The minimum Gasteiger partial charge on any atom is -0.495 e. The number of halogens is 2. The molecular weight excluding hydrogens is 403 g/mol. The summed E-state index contributed by atoms with van der Waals surface area (Å²) < 4.78 is 24.6. The summed E-state index contributed by atoms with van der Waals surface area (Å²) in [7, 11) is 3.07. The highest BCUT2D eigenvalue weighted by atomic mass is 35.5. The number of hydrogen-bond acceptors (Lipinski definition) is 3. The fourth-order valence-corrected chi connectivity index (χ4v) is 4.06. The van der Waals surface area contributed by atoms with Crippen LogP contribution in [0.4, 0.5) is 4.39 Å². The Morgan fingerprint density at radius 1 is 1.07 bits per heavy atom. The van der Waals surface area contributed by atoms with E-state index in [1.807, 2.05) is 12.1 Å². The van der Waals surface area contributed by atoms with Gasteiger partial charge >= 0.3 is 0 Å². The molecule has 2 aromatic carbocycles. The van der Waals surface area contributed by atoms with Gasteiger partial charge in [0.1, 0.15) is 5.75 Å². The largest absolute Gasteiger partial charge is 0.495 e. The van der Waals surface area contributed by atoms with Crippen LogP contribution in [0.15, 0.2) is 30.3 Å². The van der Waals surface area contributed by atoms with Crippen LogP contribution < -0.4 is 9.47 Å². The van der Waals surface area contributed by atoms with Crippen molar-refractivity contribution in [2.24, 2.45) is 0 Å². The molecule has 1 aliphatic rings. The topological polar surface area (TPSA) is 38.7 Å². The summed E-state index contributed by atoms with van der Waals surface area (Å²) in [5, 5.41) is 9.62. The second kappa shape index (κ2) is 10.5. The first-order valence-electron chi connectivity index (χ1n) is 10.1. The van der Waals surface area contributed by atoms with Crippen molar-refractivity contribution >= 4 is 22.7 Å². The lowest BCUT2D eigenvalue weighted by atomic mass is 9.92. The molecule has 3 nitrogen and oxygen atoms in total. The molecule has 158 valence electrons. The summed E-state index contributed by atoms with van der Waals surface area (Å²) in [6.07, 6.45) is 4.77. The molecular formula is C25H26ClFO3. The first kappa shape index (κ1) is 22.2. The van der Waals surface area contributed by atoms with Crippen LogP contribution in [0.25, 0.3) is 11.1 Å². The minimum absolute atomic E-state index is 0.170. The Morgan fingerprint density at radius 2 is 1.87 bits per heavy atom. The number of hydrogen-bond donors (Lipinski definition) is 1. The van der Waals surface area contributed by atoms with E-state index < -0.39 is 0 Å². The molecule has 0 atom stereocenters. The van der Waals surface area contributed by atoms with Gasteiger partial charge in [-0.15, -0.1) is 0 Å². The molecule has 2 aromatic rings. The quantitative estimate of drug-likeness (QED) is 0.459. The molecule has 0 spiro atoms. The normalized spacial score (nSPS) is 13.2. The molecule has 0 radical (unpaired) electrons. The zero-order valence-electron chi connectivity index (χ0n) is 17.4. The fraction of sp³-hybridized carbons (Fsp3) is 0.360. The zero-order chi connectivity index (χ0) is 21.5. The molecule has 0 saturated carbocycles. The monoisotopic (exact) mass is 428 g/mol. The Balaban J connectivity index is 2.17. The van der Waals surface area contributed by atoms with Gasteiger partial charge in [-0.25, -0.2) is 4.39 Å². The van der Waals surface area contributed by atoms with Crippen molar-refractivity contribution in [2.45, 2.75) is 38.5 Å². The maximum Gasteiger partial charge on any atom is 0.165 e. The summed E-state index contributed by atoms with van der Waals surface area (Å²) in [6, 6.07) is 8.80. The fourth-order valence-electron chi connectivity index (χ4n) is 3.72. The number of fused-ring (bicyclic) bond motifs is 1. The Hall–Kier alpha value is -2.48. The summed E-state index contributed by atoms with van der Waals surface area (Å²) in [5.74, 6) is 7.08. The third-order valence-corrected chi connectivity index (χ3v) is 5.69. The lowest BCUT2D eigenvalue weighted by Crippen LogP contribution is -1.96. The second-order valence-corrected chi connectivity index (χ2v) is 7.52. The smallest absolute Gasteiger partial charge is 0.165 e. The number of benzene rings is 2. The number of aliphatic hydroxyl groups is 1.